The van der Waals surface area contributed by atoms with E-state index < -0.39 is 0 Å². The van der Waals surface area contributed by atoms with Crippen LogP contribution in [0.1, 0.15) is 43.2 Å². The smallest absolute Gasteiger partial charge is 0.0373 e. The topological polar surface area (TPSA) is 15.3 Å². The van der Waals surface area contributed by atoms with Crippen LogP contribution < -0.4 is 10.2 Å². The SMILES string of the molecule is Cc1cc(N2CCNC(C3CCCCC3)C2)cc(C)c1Br. The van der Waals surface area contributed by atoms with Gasteiger partial charge in [0, 0.05) is 35.8 Å². The van der Waals surface area contributed by atoms with Crippen molar-refractivity contribution in [1.29, 1.82) is 0 Å². The maximum Gasteiger partial charge on any atom is 0.0373 e. The minimum absolute atomic E-state index is 0.684. The number of anilines is 1. The van der Waals surface area contributed by atoms with Crippen LogP contribution in [0.15, 0.2) is 16.6 Å². The molecule has 0 amide bonds. The molecule has 1 aromatic carbocycles. The van der Waals surface area contributed by atoms with Gasteiger partial charge in [-0.1, -0.05) is 35.2 Å². The molecule has 0 radical (unpaired) electrons. The van der Waals surface area contributed by atoms with Gasteiger partial charge in [-0.3, -0.25) is 0 Å². The van der Waals surface area contributed by atoms with Gasteiger partial charge in [0.1, 0.15) is 0 Å². The van der Waals surface area contributed by atoms with E-state index in [1.807, 2.05) is 0 Å². The second-order valence-electron chi connectivity index (χ2n) is 6.80. The van der Waals surface area contributed by atoms with Crippen molar-refractivity contribution in [2.45, 2.75) is 52.0 Å². The van der Waals surface area contributed by atoms with Crippen LogP contribution in [0, 0.1) is 19.8 Å². The number of aryl methyl sites for hydroxylation is 2. The molecule has 0 aromatic heterocycles. The van der Waals surface area contributed by atoms with Crippen LogP contribution in [0.5, 0.6) is 0 Å². The first-order valence-electron chi connectivity index (χ1n) is 8.40. The molecule has 1 aromatic rings. The lowest BCUT2D eigenvalue weighted by molar-refractivity contribution is 0.257. The third kappa shape index (κ3) is 3.45. The molecule has 3 rings (SSSR count). The molecule has 1 saturated heterocycles. The molecule has 0 bridgehead atoms. The Bertz CT molecular complexity index is 471. The van der Waals surface area contributed by atoms with Gasteiger partial charge in [0.25, 0.3) is 0 Å². The molecule has 2 fully saturated rings. The van der Waals surface area contributed by atoms with Crippen LogP contribution >= 0.6 is 15.9 Å². The molecule has 1 aliphatic heterocycles. The number of piperazine rings is 1. The van der Waals surface area contributed by atoms with Gasteiger partial charge < -0.3 is 10.2 Å². The van der Waals surface area contributed by atoms with Gasteiger partial charge >= 0.3 is 0 Å². The van der Waals surface area contributed by atoms with Crippen molar-refractivity contribution in [3.8, 4) is 0 Å². The number of nitrogens with zero attached hydrogens (tertiary/aromatic N) is 1. The second kappa shape index (κ2) is 6.70. The molecule has 1 N–H and O–H groups in total. The van der Waals surface area contributed by atoms with Crippen molar-refractivity contribution in [2.75, 3.05) is 24.5 Å². The summed E-state index contributed by atoms with van der Waals surface area (Å²) in [5.41, 5.74) is 4.09. The lowest BCUT2D eigenvalue weighted by Crippen LogP contribution is -2.54. The molecule has 0 spiro atoms. The summed E-state index contributed by atoms with van der Waals surface area (Å²) in [6, 6.07) is 5.35. The minimum atomic E-state index is 0.684. The molecule has 21 heavy (non-hydrogen) atoms. The molecule has 116 valence electrons. The van der Waals surface area contributed by atoms with Gasteiger partial charge in [-0.15, -0.1) is 0 Å². The highest BCUT2D eigenvalue weighted by atomic mass is 79.9. The van der Waals surface area contributed by atoms with Gasteiger partial charge in [0.05, 0.1) is 0 Å². The molecule has 1 atom stereocenters. The molecule has 1 heterocycles. The van der Waals surface area contributed by atoms with Gasteiger partial charge in [-0.05, 0) is 55.9 Å². The van der Waals surface area contributed by atoms with Crippen molar-refractivity contribution in [1.82, 2.24) is 5.32 Å². The number of benzene rings is 1. The molecular weight excluding hydrogens is 324 g/mol. The fraction of sp³-hybridized carbons (Fsp3) is 0.667. The maximum absolute atomic E-state index is 3.78. The number of hydrogen-bond donors (Lipinski definition) is 1. The van der Waals surface area contributed by atoms with Crippen LogP contribution in [0.4, 0.5) is 5.69 Å². The molecule has 1 unspecified atom stereocenters. The number of rotatable bonds is 2. The summed E-state index contributed by atoms with van der Waals surface area (Å²) in [5.74, 6) is 0.888. The van der Waals surface area contributed by atoms with Gasteiger partial charge in [0.2, 0.25) is 0 Å². The summed E-state index contributed by atoms with van der Waals surface area (Å²) < 4.78 is 1.25. The first-order chi connectivity index (χ1) is 10.1. The van der Waals surface area contributed by atoms with E-state index in [1.54, 1.807) is 0 Å². The van der Waals surface area contributed by atoms with Gasteiger partial charge in [-0.25, -0.2) is 0 Å². The Hall–Kier alpha value is -0.540. The number of nitrogens with one attached hydrogen (secondary N) is 1. The Morgan fingerprint density at radius 3 is 2.43 bits per heavy atom. The van der Waals surface area contributed by atoms with Crippen molar-refractivity contribution in [3.63, 3.8) is 0 Å². The van der Waals surface area contributed by atoms with Crippen LogP contribution in [-0.2, 0) is 0 Å². The zero-order valence-corrected chi connectivity index (χ0v) is 14.9. The summed E-state index contributed by atoms with van der Waals surface area (Å²) in [6.45, 7) is 7.81. The predicted molar refractivity (Wildman–Crippen MR) is 94.2 cm³/mol. The largest absolute Gasteiger partial charge is 0.369 e. The molecule has 1 saturated carbocycles. The molecule has 1 aliphatic carbocycles. The van der Waals surface area contributed by atoms with Crippen molar-refractivity contribution < 1.29 is 0 Å². The standard InChI is InChI=1S/C18H27BrN2/c1-13-10-16(11-14(2)18(13)19)21-9-8-20-17(12-21)15-6-4-3-5-7-15/h10-11,15,17,20H,3-9,12H2,1-2H3. The maximum atomic E-state index is 3.78. The van der Waals surface area contributed by atoms with Crippen molar-refractivity contribution >= 4 is 21.6 Å². The average Bonchev–Trinajstić information content (AvgIpc) is 2.53. The van der Waals surface area contributed by atoms with Gasteiger partial charge in [-0.2, -0.15) is 0 Å². The van der Waals surface area contributed by atoms with Crippen molar-refractivity contribution in [2.24, 2.45) is 5.92 Å². The van der Waals surface area contributed by atoms with E-state index in [0.717, 1.165) is 19.0 Å². The second-order valence-corrected chi connectivity index (χ2v) is 7.59. The molecular formula is C18H27BrN2. The summed E-state index contributed by atoms with van der Waals surface area (Å²) in [5, 5.41) is 3.78. The number of hydrogen-bond acceptors (Lipinski definition) is 2. The lowest BCUT2D eigenvalue weighted by Gasteiger charge is -2.40. The Balaban J connectivity index is 1.73. The van der Waals surface area contributed by atoms with E-state index in [0.29, 0.717) is 6.04 Å². The molecule has 2 nitrogen and oxygen atoms in total. The zero-order valence-electron chi connectivity index (χ0n) is 13.3. The van der Waals surface area contributed by atoms with E-state index >= 15 is 0 Å². The zero-order chi connectivity index (χ0) is 14.8. The van der Waals surface area contributed by atoms with E-state index in [4.69, 9.17) is 0 Å². The monoisotopic (exact) mass is 350 g/mol. The van der Waals surface area contributed by atoms with Crippen LogP contribution in [0.25, 0.3) is 0 Å². The van der Waals surface area contributed by atoms with Crippen LogP contribution in [-0.4, -0.2) is 25.7 Å². The minimum Gasteiger partial charge on any atom is -0.369 e. The third-order valence-corrected chi connectivity index (χ3v) is 6.46. The highest BCUT2D eigenvalue weighted by Gasteiger charge is 2.28. The summed E-state index contributed by atoms with van der Waals surface area (Å²) in [6.07, 6.45) is 7.14. The average molecular weight is 351 g/mol. The fourth-order valence-corrected chi connectivity index (χ4v) is 4.20. The Kier molecular flexibility index (Phi) is 4.90. The molecule has 3 heteroatoms. The normalized spacial score (nSPS) is 24.3. The number of halogens is 1. The first kappa shape index (κ1) is 15.4. The van der Waals surface area contributed by atoms with E-state index in [-0.39, 0.29) is 0 Å². The summed E-state index contributed by atoms with van der Waals surface area (Å²) in [7, 11) is 0. The Labute approximate surface area is 137 Å². The Morgan fingerprint density at radius 2 is 1.76 bits per heavy atom. The van der Waals surface area contributed by atoms with E-state index in [9.17, 15) is 0 Å². The molecule has 2 aliphatic rings. The van der Waals surface area contributed by atoms with Crippen LogP contribution in [0.3, 0.4) is 0 Å². The quantitative estimate of drug-likeness (QED) is 0.848. The van der Waals surface area contributed by atoms with E-state index in [1.165, 1.54) is 59.9 Å². The predicted octanol–water partition coefficient (Wildman–Crippen LogP) is 4.42. The van der Waals surface area contributed by atoms with Crippen molar-refractivity contribution in [3.05, 3.63) is 27.7 Å². The Morgan fingerprint density at radius 1 is 1.10 bits per heavy atom. The fourth-order valence-electron chi connectivity index (χ4n) is 3.97. The third-order valence-electron chi connectivity index (χ3n) is 5.21. The lowest BCUT2D eigenvalue weighted by atomic mass is 9.83. The van der Waals surface area contributed by atoms with E-state index in [2.05, 4.69) is 52.1 Å². The summed E-state index contributed by atoms with van der Waals surface area (Å²) in [4.78, 5) is 2.59. The highest BCUT2D eigenvalue weighted by Crippen LogP contribution is 2.31. The first-order valence-corrected chi connectivity index (χ1v) is 9.19. The van der Waals surface area contributed by atoms with Gasteiger partial charge in [0.15, 0.2) is 0 Å². The van der Waals surface area contributed by atoms with Crippen LogP contribution in [0.2, 0.25) is 0 Å². The summed E-state index contributed by atoms with van der Waals surface area (Å²) >= 11 is 3.68. The highest BCUT2D eigenvalue weighted by molar-refractivity contribution is 9.10.